The summed E-state index contributed by atoms with van der Waals surface area (Å²) in [4.78, 5) is 22.4. The molecule has 132 valence electrons. The molecule has 0 heterocycles. The zero-order chi connectivity index (χ0) is 18.6. The van der Waals surface area contributed by atoms with Crippen LogP contribution in [-0.4, -0.2) is 20.8 Å². The number of halogens is 3. The minimum atomic E-state index is -1.82. The molecule has 0 aliphatic heterocycles. The Hall–Kier alpha value is -2.02. The molecule has 1 amide bonds. The van der Waals surface area contributed by atoms with E-state index in [1.54, 1.807) is 12.1 Å². The zero-order valence-electron chi connectivity index (χ0n) is 13.0. The maximum atomic E-state index is 12.3. The van der Waals surface area contributed by atoms with Gasteiger partial charge in [-0.3, -0.25) is 14.9 Å². The van der Waals surface area contributed by atoms with E-state index in [2.05, 4.69) is 10.6 Å². The molecule has 1 unspecified atom stereocenters. The van der Waals surface area contributed by atoms with Crippen molar-refractivity contribution in [2.24, 2.45) is 0 Å². The lowest BCUT2D eigenvalue weighted by Crippen LogP contribution is -2.49. The van der Waals surface area contributed by atoms with Crippen LogP contribution in [0.3, 0.4) is 0 Å². The van der Waals surface area contributed by atoms with Gasteiger partial charge in [-0.15, -0.1) is 0 Å². The van der Waals surface area contributed by atoms with Crippen molar-refractivity contribution in [3.8, 4) is 0 Å². The zero-order valence-corrected chi connectivity index (χ0v) is 15.3. The Labute approximate surface area is 159 Å². The van der Waals surface area contributed by atoms with Crippen LogP contribution >= 0.6 is 34.8 Å². The molecule has 9 heteroatoms. The van der Waals surface area contributed by atoms with Gasteiger partial charge in [0, 0.05) is 23.4 Å². The van der Waals surface area contributed by atoms with E-state index >= 15 is 0 Å². The maximum Gasteiger partial charge on any atom is 0.269 e. The number of nitro benzene ring substituents is 1. The molecule has 1 atom stereocenters. The molecule has 25 heavy (non-hydrogen) atoms. The Bertz CT molecular complexity index is 759. The number of rotatable bonds is 5. The summed E-state index contributed by atoms with van der Waals surface area (Å²) in [6, 6.07) is 12.4. The molecule has 0 spiro atoms. The predicted octanol–water partition coefficient (Wildman–Crippen LogP) is 4.44. The molecule has 2 aromatic rings. The van der Waals surface area contributed by atoms with Crippen molar-refractivity contribution >= 4 is 52.1 Å². The average molecular weight is 403 g/mol. The molecule has 0 radical (unpaired) electrons. The molecule has 2 N–H and O–H groups in total. The number of alkyl halides is 3. The fourth-order valence-electron chi connectivity index (χ4n) is 1.97. The number of nitrogens with one attached hydrogen (secondary N) is 2. The number of hydrogen-bond acceptors (Lipinski definition) is 4. The molecule has 6 nitrogen and oxygen atoms in total. The number of carbonyl (C=O) groups excluding carboxylic acids is 1. The van der Waals surface area contributed by atoms with E-state index < -0.39 is 20.8 Å². The Morgan fingerprint density at radius 2 is 1.64 bits per heavy atom. The van der Waals surface area contributed by atoms with Crippen molar-refractivity contribution in [1.82, 2.24) is 5.32 Å². The van der Waals surface area contributed by atoms with Gasteiger partial charge in [0.2, 0.25) is 3.79 Å². The van der Waals surface area contributed by atoms with Gasteiger partial charge in [0.1, 0.15) is 6.17 Å². The molecule has 0 bridgehead atoms. The van der Waals surface area contributed by atoms with Gasteiger partial charge in [0.05, 0.1) is 4.92 Å². The Kier molecular flexibility index (Phi) is 6.11. The van der Waals surface area contributed by atoms with Crippen molar-refractivity contribution in [3.63, 3.8) is 0 Å². The van der Waals surface area contributed by atoms with Gasteiger partial charge < -0.3 is 10.6 Å². The number of nitrogens with zero attached hydrogens (tertiary/aromatic N) is 1. The van der Waals surface area contributed by atoms with Gasteiger partial charge in [-0.05, 0) is 31.2 Å². The van der Waals surface area contributed by atoms with Gasteiger partial charge in [-0.2, -0.15) is 0 Å². The predicted molar refractivity (Wildman–Crippen MR) is 99.4 cm³/mol. The molecule has 0 saturated heterocycles. The number of amides is 1. The largest absolute Gasteiger partial charge is 0.362 e. The summed E-state index contributed by atoms with van der Waals surface area (Å²) in [7, 11) is 0. The van der Waals surface area contributed by atoms with E-state index in [1.165, 1.54) is 24.3 Å². The lowest BCUT2D eigenvalue weighted by Gasteiger charge is -2.27. The highest BCUT2D eigenvalue weighted by atomic mass is 35.6. The highest BCUT2D eigenvalue weighted by Crippen LogP contribution is 2.31. The van der Waals surface area contributed by atoms with Crippen LogP contribution in [0.1, 0.15) is 15.9 Å². The van der Waals surface area contributed by atoms with Crippen LogP contribution in [-0.2, 0) is 0 Å². The van der Waals surface area contributed by atoms with Crippen molar-refractivity contribution in [2.75, 3.05) is 5.32 Å². The SMILES string of the molecule is Cc1ccc(NC(NC(=O)c2ccc([N+](=O)[O-])cc2)C(Cl)(Cl)Cl)cc1. The van der Waals surface area contributed by atoms with E-state index in [0.29, 0.717) is 5.69 Å². The summed E-state index contributed by atoms with van der Waals surface area (Å²) in [6.45, 7) is 1.94. The summed E-state index contributed by atoms with van der Waals surface area (Å²) >= 11 is 17.8. The van der Waals surface area contributed by atoms with Crippen molar-refractivity contribution in [1.29, 1.82) is 0 Å². The smallest absolute Gasteiger partial charge is 0.269 e. The summed E-state index contributed by atoms with van der Waals surface area (Å²) in [5.41, 5.74) is 1.81. The van der Waals surface area contributed by atoms with E-state index in [0.717, 1.165) is 5.56 Å². The van der Waals surface area contributed by atoms with Crippen LogP contribution in [0.4, 0.5) is 11.4 Å². The van der Waals surface area contributed by atoms with Crippen LogP contribution in [0.2, 0.25) is 0 Å². The first-order valence-corrected chi connectivity index (χ1v) is 8.25. The molecule has 2 rings (SSSR count). The number of benzene rings is 2. The maximum absolute atomic E-state index is 12.3. The first-order valence-electron chi connectivity index (χ1n) is 7.12. The van der Waals surface area contributed by atoms with E-state index in [1.807, 2.05) is 19.1 Å². The normalized spacial score (nSPS) is 12.3. The third kappa shape index (κ3) is 5.49. The van der Waals surface area contributed by atoms with Crippen LogP contribution in [0.25, 0.3) is 0 Å². The van der Waals surface area contributed by atoms with Crippen molar-refractivity contribution in [3.05, 3.63) is 69.8 Å². The van der Waals surface area contributed by atoms with Crippen LogP contribution in [0, 0.1) is 17.0 Å². The van der Waals surface area contributed by atoms with Gasteiger partial charge in [0.25, 0.3) is 11.6 Å². The van der Waals surface area contributed by atoms with Crippen LogP contribution in [0.15, 0.2) is 48.5 Å². The molecule has 0 aliphatic carbocycles. The number of hydrogen-bond donors (Lipinski definition) is 2. The second-order valence-electron chi connectivity index (χ2n) is 5.26. The Morgan fingerprint density at radius 3 is 2.12 bits per heavy atom. The summed E-state index contributed by atoms with van der Waals surface area (Å²) < 4.78 is -1.82. The topological polar surface area (TPSA) is 84.3 Å². The third-order valence-electron chi connectivity index (χ3n) is 3.31. The molecule has 0 aromatic heterocycles. The third-order valence-corrected chi connectivity index (χ3v) is 3.96. The fraction of sp³-hybridized carbons (Fsp3) is 0.188. The minimum absolute atomic E-state index is 0.118. The molecule has 0 aliphatic rings. The van der Waals surface area contributed by atoms with E-state index in [-0.39, 0.29) is 11.3 Å². The van der Waals surface area contributed by atoms with Gasteiger partial charge >= 0.3 is 0 Å². The average Bonchev–Trinajstić information content (AvgIpc) is 2.55. The number of anilines is 1. The molecule has 0 saturated carbocycles. The highest BCUT2D eigenvalue weighted by Gasteiger charge is 2.34. The summed E-state index contributed by atoms with van der Waals surface area (Å²) in [5, 5.41) is 16.2. The van der Waals surface area contributed by atoms with Crippen molar-refractivity contribution < 1.29 is 9.72 Å². The number of aryl methyl sites for hydroxylation is 1. The van der Waals surface area contributed by atoms with Gasteiger partial charge in [-0.25, -0.2) is 0 Å². The second kappa shape index (κ2) is 7.91. The molecule has 2 aromatic carbocycles. The number of non-ortho nitro benzene ring substituents is 1. The number of carbonyl (C=O) groups is 1. The minimum Gasteiger partial charge on any atom is -0.362 e. The standard InChI is InChI=1S/C16H14Cl3N3O3/c1-10-2-6-12(7-3-10)20-15(16(17,18)19)21-14(23)11-4-8-13(9-5-11)22(24)25/h2-9,15,20H,1H3,(H,21,23). The first-order chi connectivity index (χ1) is 11.7. The molecule has 0 fully saturated rings. The van der Waals surface area contributed by atoms with Crippen molar-refractivity contribution in [2.45, 2.75) is 16.9 Å². The van der Waals surface area contributed by atoms with Crippen LogP contribution in [0.5, 0.6) is 0 Å². The second-order valence-corrected chi connectivity index (χ2v) is 7.63. The van der Waals surface area contributed by atoms with Crippen LogP contribution < -0.4 is 10.6 Å². The fourth-order valence-corrected chi connectivity index (χ4v) is 2.29. The molecular formula is C16H14Cl3N3O3. The van der Waals surface area contributed by atoms with Gasteiger partial charge in [-0.1, -0.05) is 52.5 Å². The summed E-state index contributed by atoms with van der Waals surface area (Å²) in [6.07, 6.45) is -1.01. The van der Waals surface area contributed by atoms with E-state index in [9.17, 15) is 14.9 Å². The van der Waals surface area contributed by atoms with E-state index in [4.69, 9.17) is 34.8 Å². The first kappa shape index (κ1) is 19.3. The highest BCUT2D eigenvalue weighted by molar-refractivity contribution is 6.68. The monoisotopic (exact) mass is 401 g/mol. The summed E-state index contributed by atoms with van der Waals surface area (Å²) in [5.74, 6) is -0.536. The molecular weight excluding hydrogens is 389 g/mol. The Balaban J connectivity index is 2.14. The quantitative estimate of drug-likeness (QED) is 0.335. The lowest BCUT2D eigenvalue weighted by molar-refractivity contribution is -0.384. The van der Waals surface area contributed by atoms with Gasteiger partial charge in [0.15, 0.2) is 0 Å². The number of nitro groups is 1. The Morgan fingerprint density at radius 1 is 1.08 bits per heavy atom. The lowest BCUT2D eigenvalue weighted by atomic mass is 10.2.